The summed E-state index contributed by atoms with van der Waals surface area (Å²) in [6.07, 6.45) is 1.79. The van der Waals surface area contributed by atoms with Crippen molar-refractivity contribution in [3.05, 3.63) is 0 Å². The number of carboxylic acids is 1. The zero-order valence-corrected chi connectivity index (χ0v) is 12.9. The quantitative estimate of drug-likeness (QED) is 0.802. The zero-order chi connectivity index (χ0) is 15.1. The number of nitrogens with zero attached hydrogens (tertiary/aromatic N) is 2. The van der Waals surface area contributed by atoms with Gasteiger partial charge >= 0.3 is 12.0 Å². The normalized spacial score (nSPS) is 30.9. The van der Waals surface area contributed by atoms with Gasteiger partial charge in [-0.3, -0.25) is 0 Å². The number of urea groups is 1. The third kappa shape index (κ3) is 2.76. The molecule has 0 aromatic carbocycles. The minimum absolute atomic E-state index is 0.0393. The Morgan fingerprint density at radius 3 is 2.30 bits per heavy atom. The zero-order valence-electron chi connectivity index (χ0n) is 12.9. The average Bonchev–Trinajstić information content (AvgIpc) is 2.93. The van der Waals surface area contributed by atoms with Crippen LogP contribution >= 0.6 is 0 Å². The van der Waals surface area contributed by atoms with Gasteiger partial charge in [0, 0.05) is 19.6 Å². The number of rotatable bonds is 1. The SMILES string of the molecule is CC1CCN(C(=O)N2CCC(C(C)(C)C)C2)C1C(=O)O. The van der Waals surface area contributed by atoms with E-state index in [1.54, 1.807) is 4.90 Å². The average molecular weight is 282 g/mol. The Kier molecular flexibility index (Phi) is 3.98. The Hall–Kier alpha value is -1.26. The number of hydrogen-bond acceptors (Lipinski definition) is 2. The van der Waals surface area contributed by atoms with Gasteiger partial charge in [-0.05, 0) is 30.1 Å². The molecule has 0 aliphatic carbocycles. The Morgan fingerprint density at radius 1 is 1.15 bits per heavy atom. The van der Waals surface area contributed by atoms with Crippen LogP contribution in [0.1, 0.15) is 40.5 Å². The summed E-state index contributed by atoms with van der Waals surface area (Å²) in [4.78, 5) is 27.3. The van der Waals surface area contributed by atoms with E-state index in [9.17, 15) is 14.7 Å². The monoisotopic (exact) mass is 282 g/mol. The first-order valence-electron chi connectivity index (χ1n) is 7.50. The number of aliphatic carboxylic acids is 1. The van der Waals surface area contributed by atoms with Gasteiger partial charge in [0.05, 0.1) is 0 Å². The molecule has 2 amide bonds. The maximum Gasteiger partial charge on any atom is 0.326 e. The first-order chi connectivity index (χ1) is 9.21. The molecule has 3 unspecified atom stereocenters. The molecule has 2 heterocycles. The Balaban J connectivity index is 2.04. The molecule has 114 valence electrons. The fourth-order valence-electron chi connectivity index (χ4n) is 3.36. The van der Waals surface area contributed by atoms with Crippen LogP contribution in [-0.4, -0.2) is 52.6 Å². The van der Waals surface area contributed by atoms with Gasteiger partial charge in [0.1, 0.15) is 6.04 Å². The number of carbonyl (C=O) groups excluding carboxylic acids is 1. The molecule has 2 saturated heterocycles. The summed E-state index contributed by atoms with van der Waals surface area (Å²) < 4.78 is 0. The number of carbonyl (C=O) groups is 2. The predicted molar refractivity (Wildman–Crippen MR) is 76.4 cm³/mol. The second kappa shape index (κ2) is 5.26. The summed E-state index contributed by atoms with van der Waals surface area (Å²) in [6.45, 7) is 10.6. The van der Waals surface area contributed by atoms with E-state index in [0.29, 0.717) is 12.5 Å². The summed E-state index contributed by atoms with van der Waals surface area (Å²) >= 11 is 0. The van der Waals surface area contributed by atoms with Crippen LogP contribution in [0, 0.1) is 17.3 Å². The fourth-order valence-corrected chi connectivity index (χ4v) is 3.36. The molecular weight excluding hydrogens is 256 g/mol. The van der Waals surface area contributed by atoms with Crippen LogP contribution in [0.4, 0.5) is 4.79 Å². The second-order valence-corrected chi connectivity index (χ2v) is 7.32. The van der Waals surface area contributed by atoms with Crippen molar-refractivity contribution in [1.29, 1.82) is 0 Å². The molecule has 0 bridgehead atoms. The van der Waals surface area contributed by atoms with Crippen molar-refractivity contribution in [2.24, 2.45) is 17.3 Å². The third-order valence-corrected chi connectivity index (χ3v) is 4.88. The Labute approximate surface area is 120 Å². The Morgan fingerprint density at radius 2 is 1.80 bits per heavy atom. The molecule has 1 N–H and O–H groups in total. The summed E-state index contributed by atoms with van der Waals surface area (Å²) in [5.41, 5.74) is 0.194. The molecule has 3 atom stereocenters. The topological polar surface area (TPSA) is 60.9 Å². The second-order valence-electron chi connectivity index (χ2n) is 7.32. The van der Waals surface area contributed by atoms with Gasteiger partial charge in [0.2, 0.25) is 0 Å². The van der Waals surface area contributed by atoms with Crippen LogP contribution in [0.15, 0.2) is 0 Å². The Bertz CT molecular complexity index is 402. The lowest BCUT2D eigenvalue weighted by Gasteiger charge is -2.30. The highest BCUT2D eigenvalue weighted by Gasteiger charge is 2.43. The molecule has 5 heteroatoms. The van der Waals surface area contributed by atoms with Crippen molar-refractivity contribution < 1.29 is 14.7 Å². The van der Waals surface area contributed by atoms with E-state index < -0.39 is 12.0 Å². The molecule has 2 fully saturated rings. The first kappa shape index (κ1) is 15.1. The maximum absolute atomic E-state index is 12.6. The molecule has 2 aliphatic rings. The van der Waals surface area contributed by atoms with E-state index in [1.165, 1.54) is 0 Å². The van der Waals surface area contributed by atoms with Crippen molar-refractivity contribution in [3.63, 3.8) is 0 Å². The highest BCUT2D eigenvalue weighted by atomic mass is 16.4. The number of likely N-dealkylation sites (tertiary alicyclic amines) is 2. The highest BCUT2D eigenvalue weighted by Crippen LogP contribution is 2.35. The molecule has 0 radical (unpaired) electrons. The fraction of sp³-hybridized carbons (Fsp3) is 0.867. The van der Waals surface area contributed by atoms with Crippen molar-refractivity contribution in [1.82, 2.24) is 9.80 Å². The van der Waals surface area contributed by atoms with Gasteiger partial charge in [-0.2, -0.15) is 0 Å². The molecule has 0 aromatic rings. The lowest BCUT2D eigenvalue weighted by atomic mass is 9.80. The van der Waals surface area contributed by atoms with Gasteiger partial charge in [-0.15, -0.1) is 0 Å². The number of hydrogen-bond donors (Lipinski definition) is 1. The van der Waals surface area contributed by atoms with Crippen molar-refractivity contribution in [2.45, 2.75) is 46.6 Å². The lowest BCUT2D eigenvalue weighted by molar-refractivity contribution is -0.142. The minimum Gasteiger partial charge on any atom is -0.480 e. The molecule has 2 aliphatic heterocycles. The molecule has 2 rings (SSSR count). The van der Waals surface area contributed by atoms with Crippen molar-refractivity contribution >= 4 is 12.0 Å². The standard InChI is InChI=1S/C15H26N2O3/c1-10-5-8-17(12(10)13(18)19)14(20)16-7-6-11(9-16)15(2,3)4/h10-12H,5-9H2,1-4H3,(H,18,19). The van der Waals surface area contributed by atoms with E-state index >= 15 is 0 Å². The van der Waals surface area contributed by atoms with Crippen LogP contribution in [-0.2, 0) is 4.79 Å². The minimum atomic E-state index is -0.880. The first-order valence-corrected chi connectivity index (χ1v) is 7.50. The van der Waals surface area contributed by atoms with E-state index in [1.807, 2.05) is 11.8 Å². The summed E-state index contributed by atoms with van der Waals surface area (Å²) in [5, 5.41) is 9.31. The van der Waals surface area contributed by atoms with Gasteiger partial charge < -0.3 is 14.9 Å². The molecule has 20 heavy (non-hydrogen) atoms. The predicted octanol–water partition coefficient (Wildman–Crippen LogP) is 2.27. The lowest BCUT2D eigenvalue weighted by Crippen LogP contribution is -2.48. The van der Waals surface area contributed by atoms with Gasteiger partial charge in [-0.25, -0.2) is 9.59 Å². The number of carboxylic acid groups (broad SMARTS) is 1. The van der Waals surface area contributed by atoms with E-state index in [0.717, 1.165) is 25.9 Å². The highest BCUT2D eigenvalue weighted by molar-refractivity contribution is 5.83. The number of amides is 2. The van der Waals surface area contributed by atoms with E-state index in [-0.39, 0.29) is 17.4 Å². The van der Waals surface area contributed by atoms with Gasteiger partial charge in [0.25, 0.3) is 0 Å². The van der Waals surface area contributed by atoms with Crippen LogP contribution in [0.2, 0.25) is 0 Å². The van der Waals surface area contributed by atoms with Gasteiger partial charge in [0.15, 0.2) is 0 Å². The summed E-state index contributed by atoms with van der Waals surface area (Å²) in [7, 11) is 0. The molecule has 0 spiro atoms. The third-order valence-electron chi connectivity index (χ3n) is 4.88. The molecule has 5 nitrogen and oxygen atoms in total. The summed E-state index contributed by atoms with van der Waals surface area (Å²) in [6, 6.07) is -0.746. The molecule has 0 aromatic heterocycles. The van der Waals surface area contributed by atoms with E-state index in [2.05, 4.69) is 20.8 Å². The molecule has 0 saturated carbocycles. The van der Waals surface area contributed by atoms with Crippen LogP contribution < -0.4 is 0 Å². The maximum atomic E-state index is 12.6. The molecular formula is C15H26N2O3. The summed E-state index contributed by atoms with van der Waals surface area (Å²) in [5.74, 6) is -0.345. The largest absolute Gasteiger partial charge is 0.480 e. The van der Waals surface area contributed by atoms with Crippen LogP contribution in [0.5, 0.6) is 0 Å². The smallest absolute Gasteiger partial charge is 0.326 e. The van der Waals surface area contributed by atoms with Crippen molar-refractivity contribution in [2.75, 3.05) is 19.6 Å². The van der Waals surface area contributed by atoms with Crippen molar-refractivity contribution in [3.8, 4) is 0 Å². The van der Waals surface area contributed by atoms with E-state index in [4.69, 9.17) is 0 Å². The van der Waals surface area contributed by atoms with Crippen LogP contribution in [0.3, 0.4) is 0 Å². The van der Waals surface area contributed by atoms with Gasteiger partial charge in [-0.1, -0.05) is 27.7 Å². The van der Waals surface area contributed by atoms with Crippen LogP contribution in [0.25, 0.3) is 0 Å².